The number of aliphatic hydroxyl groups is 1. The Hall–Kier alpha value is -2.18. The summed E-state index contributed by atoms with van der Waals surface area (Å²) < 4.78 is 1.71. The van der Waals surface area contributed by atoms with Gasteiger partial charge in [-0.05, 0) is 11.1 Å². The molecule has 0 aliphatic carbocycles. The van der Waals surface area contributed by atoms with Crippen molar-refractivity contribution in [2.75, 3.05) is 6.61 Å². The highest BCUT2D eigenvalue weighted by atomic mass is 16.4. The minimum atomic E-state index is -1.02. The molecule has 100 valence electrons. The molecule has 1 heterocycles. The largest absolute Gasteiger partial charge is 0.481 e. The minimum absolute atomic E-state index is 0. The van der Waals surface area contributed by atoms with Crippen LogP contribution >= 0.6 is 0 Å². The lowest BCUT2D eigenvalue weighted by atomic mass is 9.98. The predicted molar refractivity (Wildman–Crippen MR) is 66.8 cm³/mol. The topological polar surface area (TPSA) is 104 Å². The van der Waals surface area contributed by atoms with Gasteiger partial charge >= 0.3 is 5.97 Å². The van der Waals surface area contributed by atoms with Crippen molar-refractivity contribution < 1.29 is 20.5 Å². The molecule has 1 aromatic heterocycles. The Bertz CT molecular complexity index is 548. The number of carboxylic acids is 1. The van der Waals surface area contributed by atoms with Crippen molar-refractivity contribution >= 4 is 5.97 Å². The first kappa shape index (κ1) is 14.9. The Morgan fingerprint density at radius 3 is 2.37 bits per heavy atom. The van der Waals surface area contributed by atoms with Crippen molar-refractivity contribution in [2.24, 2.45) is 7.05 Å². The van der Waals surface area contributed by atoms with Crippen LogP contribution in [-0.2, 0) is 17.3 Å². The van der Waals surface area contributed by atoms with E-state index in [9.17, 15) is 4.79 Å². The average Bonchev–Trinajstić information content (AvgIpc) is 2.77. The van der Waals surface area contributed by atoms with E-state index in [0.717, 1.165) is 11.1 Å². The van der Waals surface area contributed by atoms with Gasteiger partial charge in [0.05, 0.1) is 12.8 Å². The normalized spacial score (nSPS) is 11.7. The van der Waals surface area contributed by atoms with E-state index in [4.69, 9.17) is 10.2 Å². The zero-order chi connectivity index (χ0) is 13.1. The minimum Gasteiger partial charge on any atom is -0.481 e. The maximum absolute atomic E-state index is 10.9. The number of rotatable bonds is 4. The highest BCUT2D eigenvalue weighted by Gasteiger charge is 2.18. The van der Waals surface area contributed by atoms with Gasteiger partial charge in [-0.15, -0.1) is 0 Å². The van der Waals surface area contributed by atoms with Crippen molar-refractivity contribution in [3.63, 3.8) is 0 Å². The molecule has 1 aromatic carbocycles. The van der Waals surface area contributed by atoms with Crippen molar-refractivity contribution in [3.8, 4) is 11.1 Å². The van der Waals surface area contributed by atoms with E-state index in [-0.39, 0.29) is 5.48 Å². The summed E-state index contributed by atoms with van der Waals surface area (Å²) in [6.07, 6.45) is 3.63. The molecule has 0 fully saturated rings. The summed E-state index contributed by atoms with van der Waals surface area (Å²) in [7, 11) is 1.84. The van der Waals surface area contributed by atoms with Crippen molar-refractivity contribution in [2.45, 2.75) is 5.92 Å². The fourth-order valence-electron chi connectivity index (χ4n) is 1.80. The van der Waals surface area contributed by atoms with E-state index in [1.807, 2.05) is 25.4 Å². The van der Waals surface area contributed by atoms with Crippen LogP contribution in [0.15, 0.2) is 36.7 Å². The molecule has 2 aromatic rings. The van der Waals surface area contributed by atoms with E-state index in [1.54, 1.807) is 23.0 Å². The van der Waals surface area contributed by atoms with E-state index in [0.29, 0.717) is 5.56 Å². The number of benzene rings is 1. The molecular weight excluding hydrogens is 248 g/mol. The summed E-state index contributed by atoms with van der Waals surface area (Å²) in [5.74, 6) is -1.89. The molecule has 1 atom stereocenters. The first-order valence-electron chi connectivity index (χ1n) is 5.54. The summed E-state index contributed by atoms with van der Waals surface area (Å²) >= 11 is 0. The lowest BCUT2D eigenvalue weighted by molar-refractivity contribution is -0.139. The molecule has 6 nitrogen and oxygen atoms in total. The first-order valence-corrected chi connectivity index (χ1v) is 5.54. The van der Waals surface area contributed by atoms with Gasteiger partial charge in [0.1, 0.15) is 5.92 Å². The number of aromatic nitrogens is 2. The third kappa shape index (κ3) is 3.18. The number of hydrogen-bond donors (Lipinski definition) is 2. The zero-order valence-corrected chi connectivity index (χ0v) is 10.4. The van der Waals surface area contributed by atoms with Crippen LogP contribution in [-0.4, -0.2) is 32.6 Å². The number of aryl methyl sites for hydroxylation is 1. The molecule has 2 N–H and O–H groups in total. The van der Waals surface area contributed by atoms with Crippen LogP contribution in [0.1, 0.15) is 11.5 Å². The van der Waals surface area contributed by atoms with Crippen LogP contribution in [0.4, 0.5) is 0 Å². The van der Waals surface area contributed by atoms with Crippen molar-refractivity contribution in [1.29, 1.82) is 0 Å². The summed E-state index contributed by atoms with van der Waals surface area (Å²) in [4.78, 5) is 10.9. The molecule has 0 spiro atoms. The van der Waals surface area contributed by atoms with Gasteiger partial charge in [-0.3, -0.25) is 9.48 Å². The van der Waals surface area contributed by atoms with E-state index >= 15 is 0 Å². The van der Waals surface area contributed by atoms with Gasteiger partial charge in [-0.2, -0.15) is 5.10 Å². The molecule has 19 heavy (non-hydrogen) atoms. The number of aliphatic carboxylic acids is 1. The lowest BCUT2D eigenvalue weighted by Gasteiger charge is -2.09. The maximum atomic E-state index is 10.9. The van der Waals surface area contributed by atoms with Gasteiger partial charge in [-0.25, -0.2) is 0 Å². The van der Waals surface area contributed by atoms with Gasteiger partial charge in [0.15, 0.2) is 0 Å². The molecular formula is C13H14N2O4. The summed E-state index contributed by atoms with van der Waals surface area (Å²) in [5, 5.41) is 22.1. The molecule has 0 saturated heterocycles. The smallest absolute Gasteiger partial charge is 0.313 e. The Labute approximate surface area is 110 Å². The van der Waals surface area contributed by atoms with Crippen LogP contribution in [0.3, 0.4) is 0 Å². The second kappa shape index (κ2) is 6.12. The SMILES string of the molecule is Cn1cc(-c2ccc(C(CO)C(=O)O)cc2)cn1.[O]. The standard InChI is InChI=1S/C13H14N2O3.O/c1-15-7-11(6-14-15)9-2-4-10(5-3-9)12(8-16)13(17)18;/h2-7,12,16H,8H2,1H3,(H,17,18);. The van der Waals surface area contributed by atoms with Crippen molar-refractivity contribution in [3.05, 3.63) is 42.2 Å². The quantitative estimate of drug-likeness (QED) is 0.861. The van der Waals surface area contributed by atoms with Gasteiger partial charge in [-0.1, -0.05) is 24.3 Å². The highest BCUT2D eigenvalue weighted by Crippen LogP contribution is 2.22. The number of hydrogen-bond acceptors (Lipinski definition) is 3. The van der Waals surface area contributed by atoms with E-state index in [2.05, 4.69) is 5.10 Å². The molecule has 1 unspecified atom stereocenters. The number of carbonyl (C=O) groups is 1. The average molecular weight is 262 g/mol. The zero-order valence-electron chi connectivity index (χ0n) is 10.4. The van der Waals surface area contributed by atoms with Crippen LogP contribution in [0.2, 0.25) is 0 Å². The second-order valence-corrected chi connectivity index (χ2v) is 4.10. The lowest BCUT2D eigenvalue weighted by Crippen LogP contribution is -2.15. The number of nitrogens with zero attached hydrogens (tertiary/aromatic N) is 2. The van der Waals surface area contributed by atoms with Crippen molar-refractivity contribution in [1.82, 2.24) is 9.78 Å². The summed E-state index contributed by atoms with van der Waals surface area (Å²) in [6.45, 7) is -0.401. The molecule has 0 saturated carbocycles. The van der Waals surface area contributed by atoms with E-state index < -0.39 is 18.5 Å². The Balaban J connectivity index is 0.00000180. The third-order valence-electron chi connectivity index (χ3n) is 2.83. The van der Waals surface area contributed by atoms with Crippen LogP contribution < -0.4 is 0 Å². The Morgan fingerprint density at radius 1 is 1.32 bits per heavy atom. The van der Waals surface area contributed by atoms with Crippen LogP contribution in [0.5, 0.6) is 0 Å². The van der Waals surface area contributed by atoms with Crippen LogP contribution in [0.25, 0.3) is 11.1 Å². The summed E-state index contributed by atoms with van der Waals surface area (Å²) in [6, 6.07) is 7.10. The first-order chi connectivity index (χ1) is 8.61. The van der Waals surface area contributed by atoms with E-state index in [1.165, 1.54) is 0 Å². The molecule has 2 radical (unpaired) electrons. The van der Waals surface area contributed by atoms with Crippen LogP contribution in [0, 0.1) is 0 Å². The Kier molecular flexibility index (Phi) is 4.80. The fraction of sp³-hybridized carbons (Fsp3) is 0.231. The predicted octanol–water partition coefficient (Wildman–Crippen LogP) is 1.13. The third-order valence-corrected chi connectivity index (χ3v) is 2.83. The molecule has 0 aliphatic rings. The molecule has 0 aliphatic heterocycles. The summed E-state index contributed by atoms with van der Waals surface area (Å²) in [5.41, 5.74) is 2.53. The molecule has 0 amide bonds. The second-order valence-electron chi connectivity index (χ2n) is 4.10. The van der Waals surface area contributed by atoms with Gasteiger partial charge < -0.3 is 10.2 Å². The monoisotopic (exact) mass is 262 g/mol. The fourth-order valence-corrected chi connectivity index (χ4v) is 1.80. The maximum Gasteiger partial charge on any atom is 0.313 e. The Morgan fingerprint density at radius 2 is 1.95 bits per heavy atom. The van der Waals surface area contributed by atoms with Gasteiger partial charge in [0.25, 0.3) is 0 Å². The molecule has 0 bridgehead atoms. The highest BCUT2D eigenvalue weighted by molar-refractivity contribution is 5.76. The van der Waals surface area contributed by atoms with Gasteiger partial charge in [0.2, 0.25) is 0 Å². The van der Waals surface area contributed by atoms with Gasteiger partial charge in [0, 0.05) is 24.3 Å². The molecule has 6 heteroatoms. The molecule has 2 rings (SSSR count). The number of carboxylic acid groups (broad SMARTS) is 1. The number of aliphatic hydroxyl groups excluding tert-OH is 1.